The number of hydrogen-bond donors (Lipinski definition) is 1. The van der Waals surface area contributed by atoms with E-state index in [0.717, 1.165) is 30.1 Å². The summed E-state index contributed by atoms with van der Waals surface area (Å²) in [6.45, 7) is 4.28. The zero-order chi connectivity index (χ0) is 13.7. The Balaban J connectivity index is 2.12. The maximum Gasteiger partial charge on any atom is 0.128 e. The fraction of sp³-hybridized carbons (Fsp3) is 0.562. The maximum absolute atomic E-state index is 9.08. The zero-order valence-electron chi connectivity index (χ0n) is 11.8. The van der Waals surface area contributed by atoms with E-state index in [4.69, 9.17) is 9.94 Å². The molecule has 19 heavy (non-hydrogen) atoms. The van der Waals surface area contributed by atoms with E-state index < -0.39 is 0 Å². The lowest BCUT2D eigenvalue weighted by molar-refractivity contribution is 0.135. The lowest BCUT2D eigenvalue weighted by atomic mass is 9.89. The van der Waals surface area contributed by atoms with Crippen LogP contribution in [0, 0.1) is 5.92 Å². The minimum atomic E-state index is 0.300. The molecule has 0 unspecified atom stereocenters. The van der Waals surface area contributed by atoms with Crippen LogP contribution in [-0.2, 0) is 0 Å². The van der Waals surface area contributed by atoms with E-state index in [-0.39, 0.29) is 0 Å². The number of hydrogen-bond acceptors (Lipinski definition) is 3. The van der Waals surface area contributed by atoms with Crippen molar-refractivity contribution >= 4 is 5.71 Å². The van der Waals surface area contributed by atoms with Crippen molar-refractivity contribution in [2.24, 2.45) is 11.1 Å². The van der Waals surface area contributed by atoms with E-state index in [2.05, 4.69) is 12.1 Å². The lowest BCUT2D eigenvalue weighted by Gasteiger charge is -2.27. The number of oxime groups is 1. The fourth-order valence-corrected chi connectivity index (χ4v) is 2.65. The van der Waals surface area contributed by atoms with Gasteiger partial charge in [0.2, 0.25) is 0 Å². The predicted octanol–water partition coefficient (Wildman–Crippen LogP) is 4.23. The predicted molar refractivity (Wildman–Crippen MR) is 77.1 cm³/mol. The summed E-state index contributed by atoms with van der Waals surface area (Å²) in [6, 6.07) is 7.84. The first-order valence-electron chi connectivity index (χ1n) is 7.21. The van der Waals surface area contributed by atoms with Crippen LogP contribution in [-0.4, -0.2) is 17.0 Å². The summed E-state index contributed by atoms with van der Waals surface area (Å²) < 4.78 is 6.13. The van der Waals surface area contributed by atoms with E-state index in [1.165, 1.54) is 12.8 Å². The first kappa shape index (κ1) is 13.9. The molecule has 1 aromatic rings. The maximum atomic E-state index is 9.08. The summed E-state index contributed by atoms with van der Waals surface area (Å²) >= 11 is 0. The molecule has 1 aliphatic carbocycles. The Kier molecular flexibility index (Phi) is 4.83. The van der Waals surface area contributed by atoms with Gasteiger partial charge in [0.25, 0.3) is 0 Å². The summed E-state index contributed by atoms with van der Waals surface area (Å²) in [5, 5.41) is 12.5. The van der Waals surface area contributed by atoms with Crippen LogP contribution in [0.25, 0.3) is 0 Å². The van der Waals surface area contributed by atoms with Crippen molar-refractivity contribution in [1.29, 1.82) is 0 Å². The molecule has 1 N–H and O–H groups in total. The number of rotatable bonds is 4. The summed E-state index contributed by atoms with van der Waals surface area (Å²) in [7, 11) is 0. The third kappa shape index (κ3) is 3.49. The van der Waals surface area contributed by atoms with Gasteiger partial charge in [-0.15, -0.1) is 0 Å². The van der Waals surface area contributed by atoms with Gasteiger partial charge in [0.1, 0.15) is 5.75 Å². The van der Waals surface area contributed by atoms with Gasteiger partial charge in [0.15, 0.2) is 0 Å². The second kappa shape index (κ2) is 6.60. The smallest absolute Gasteiger partial charge is 0.128 e. The molecule has 1 aromatic carbocycles. The molecule has 1 saturated carbocycles. The minimum absolute atomic E-state index is 0.300. The highest BCUT2D eigenvalue weighted by Crippen LogP contribution is 2.29. The number of benzene rings is 1. The molecule has 0 radical (unpaired) electrons. The summed E-state index contributed by atoms with van der Waals surface area (Å²) in [5.41, 5.74) is 1.59. The van der Waals surface area contributed by atoms with Crippen LogP contribution in [0.3, 0.4) is 0 Å². The van der Waals surface area contributed by atoms with Gasteiger partial charge < -0.3 is 9.94 Å². The highest BCUT2D eigenvalue weighted by Gasteiger charge is 2.21. The van der Waals surface area contributed by atoms with Gasteiger partial charge in [-0.2, -0.15) is 0 Å². The van der Waals surface area contributed by atoms with Gasteiger partial charge in [-0.1, -0.05) is 31.1 Å². The van der Waals surface area contributed by atoms with Crippen molar-refractivity contribution < 1.29 is 9.94 Å². The van der Waals surface area contributed by atoms with Crippen molar-refractivity contribution in [3.05, 3.63) is 29.8 Å². The molecule has 0 aromatic heterocycles. The van der Waals surface area contributed by atoms with Crippen molar-refractivity contribution in [3.63, 3.8) is 0 Å². The molecule has 0 amide bonds. The van der Waals surface area contributed by atoms with E-state index in [1.54, 1.807) is 0 Å². The largest absolute Gasteiger partial charge is 0.490 e. The van der Waals surface area contributed by atoms with Gasteiger partial charge in [-0.3, -0.25) is 0 Å². The quantitative estimate of drug-likeness (QED) is 0.500. The van der Waals surface area contributed by atoms with Gasteiger partial charge in [-0.25, -0.2) is 0 Å². The van der Waals surface area contributed by atoms with Crippen molar-refractivity contribution in [3.8, 4) is 5.75 Å². The highest BCUT2D eigenvalue weighted by molar-refractivity contribution is 6.02. The Bertz CT molecular complexity index is 434. The third-order valence-corrected chi connectivity index (χ3v) is 3.91. The van der Waals surface area contributed by atoms with Gasteiger partial charge in [0, 0.05) is 5.56 Å². The highest BCUT2D eigenvalue weighted by atomic mass is 16.5. The molecule has 0 atom stereocenters. The molecule has 3 nitrogen and oxygen atoms in total. The average molecular weight is 261 g/mol. The SMILES string of the molecule is CCC(=NO)c1ccccc1OC1CCC(C)CC1. The van der Waals surface area contributed by atoms with Crippen LogP contribution in [0.2, 0.25) is 0 Å². The van der Waals surface area contributed by atoms with Crippen molar-refractivity contribution in [2.75, 3.05) is 0 Å². The van der Waals surface area contributed by atoms with Crippen LogP contribution in [0.4, 0.5) is 0 Å². The Morgan fingerprint density at radius 2 is 1.95 bits per heavy atom. The number of nitrogens with zero attached hydrogens (tertiary/aromatic N) is 1. The molecule has 0 aliphatic heterocycles. The van der Waals surface area contributed by atoms with E-state index in [1.807, 2.05) is 31.2 Å². The molecular formula is C16H23NO2. The Morgan fingerprint density at radius 1 is 1.26 bits per heavy atom. The van der Waals surface area contributed by atoms with Gasteiger partial charge in [-0.05, 0) is 50.2 Å². The Labute approximate surface area is 115 Å². The van der Waals surface area contributed by atoms with Crippen molar-refractivity contribution in [2.45, 2.75) is 52.1 Å². The van der Waals surface area contributed by atoms with Crippen LogP contribution in [0.15, 0.2) is 29.4 Å². The Hall–Kier alpha value is -1.51. The molecule has 0 bridgehead atoms. The monoisotopic (exact) mass is 261 g/mol. The second-order valence-electron chi connectivity index (χ2n) is 5.40. The van der Waals surface area contributed by atoms with E-state index >= 15 is 0 Å². The first-order chi connectivity index (χ1) is 9.24. The Morgan fingerprint density at radius 3 is 2.58 bits per heavy atom. The average Bonchev–Trinajstić information content (AvgIpc) is 2.44. The zero-order valence-corrected chi connectivity index (χ0v) is 11.8. The van der Waals surface area contributed by atoms with Crippen LogP contribution >= 0.6 is 0 Å². The van der Waals surface area contributed by atoms with E-state index in [9.17, 15) is 0 Å². The molecule has 2 rings (SSSR count). The normalized spacial score (nSPS) is 24.2. The molecule has 0 heterocycles. The fourth-order valence-electron chi connectivity index (χ4n) is 2.65. The molecule has 0 saturated heterocycles. The molecule has 1 aliphatic rings. The van der Waals surface area contributed by atoms with Crippen molar-refractivity contribution in [1.82, 2.24) is 0 Å². The van der Waals surface area contributed by atoms with Crippen LogP contribution < -0.4 is 4.74 Å². The summed E-state index contributed by atoms with van der Waals surface area (Å²) in [5.74, 6) is 1.66. The first-order valence-corrected chi connectivity index (χ1v) is 7.21. The lowest BCUT2D eigenvalue weighted by Crippen LogP contribution is -2.23. The minimum Gasteiger partial charge on any atom is -0.490 e. The number of ether oxygens (including phenoxy) is 1. The molecular weight excluding hydrogens is 238 g/mol. The topological polar surface area (TPSA) is 41.8 Å². The van der Waals surface area contributed by atoms with E-state index in [0.29, 0.717) is 18.2 Å². The van der Waals surface area contributed by atoms with Crippen LogP contribution in [0.5, 0.6) is 5.75 Å². The molecule has 104 valence electrons. The third-order valence-electron chi connectivity index (χ3n) is 3.91. The molecule has 1 fully saturated rings. The summed E-state index contributed by atoms with van der Waals surface area (Å²) in [4.78, 5) is 0. The van der Waals surface area contributed by atoms with Crippen LogP contribution in [0.1, 0.15) is 51.5 Å². The van der Waals surface area contributed by atoms with Gasteiger partial charge in [0.05, 0.1) is 11.8 Å². The second-order valence-corrected chi connectivity index (χ2v) is 5.40. The molecule has 0 spiro atoms. The van der Waals surface area contributed by atoms with Gasteiger partial charge >= 0.3 is 0 Å². The summed E-state index contributed by atoms with van der Waals surface area (Å²) in [6.07, 6.45) is 5.71. The standard InChI is InChI=1S/C16H23NO2/c1-3-15(17-18)14-6-4-5-7-16(14)19-13-10-8-12(2)9-11-13/h4-7,12-13,18H,3,8-11H2,1-2H3. The molecule has 3 heteroatoms. The number of para-hydroxylation sites is 1.